The Balaban J connectivity index is 1.19. The van der Waals surface area contributed by atoms with Gasteiger partial charge in [0.1, 0.15) is 5.69 Å². The molecule has 3 heterocycles. The van der Waals surface area contributed by atoms with Crippen molar-refractivity contribution in [1.82, 2.24) is 15.2 Å². The van der Waals surface area contributed by atoms with Gasteiger partial charge in [-0.25, -0.2) is 4.98 Å². The molecule has 0 bridgehead atoms. The van der Waals surface area contributed by atoms with Crippen molar-refractivity contribution in [2.45, 2.75) is 31.4 Å². The number of rotatable bonds is 7. The Bertz CT molecular complexity index is 1420. The topological polar surface area (TPSA) is 62.3 Å². The molecule has 2 aromatic carbocycles. The number of carbonyl (C=O) groups excluding carboxylic acids is 2. The van der Waals surface area contributed by atoms with E-state index in [1.165, 1.54) is 28.3 Å². The molecule has 0 radical (unpaired) electrons. The Morgan fingerprint density at radius 2 is 1.72 bits per heavy atom. The number of thiophene rings is 1. The minimum Gasteiger partial charge on any atom is -0.350 e. The van der Waals surface area contributed by atoms with Crippen LogP contribution in [0.2, 0.25) is 0 Å². The molecule has 10 heteroatoms. The maximum atomic E-state index is 13.4. The lowest BCUT2D eigenvalue weighted by Gasteiger charge is -2.31. The Hall–Kier alpha value is -3.50. The molecular formula is C29H26F3N3O2S2. The quantitative estimate of drug-likeness (QED) is 0.264. The molecular weight excluding hydrogens is 543 g/mol. The van der Waals surface area contributed by atoms with Gasteiger partial charge in [0.25, 0.3) is 11.8 Å². The molecule has 2 amide bonds. The Labute approximate surface area is 232 Å². The molecule has 5 rings (SSSR count). The van der Waals surface area contributed by atoms with Crippen molar-refractivity contribution in [2.75, 3.05) is 19.6 Å². The maximum absolute atomic E-state index is 13.4. The summed E-state index contributed by atoms with van der Waals surface area (Å²) in [5, 5.41) is 7.62. The fourth-order valence-electron chi connectivity index (χ4n) is 4.68. The number of halogens is 3. The fourth-order valence-corrected chi connectivity index (χ4v) is 6.36. The van der Waals surface area contributed by atoms with Crippen LogP contribution in [0.25, 0.3) is 11.1 Å². The van der Waals surface area contributed by atoms with Gasteiger partial charge in [0.05, 0.1) is 10.6 Å². The molecule has 5 nitrogen and oxygen atoms in total. The zero-order chi connectivity index (χ0) is 27.4. The van der Waals surface area contributed by atoms with E-state index in [2.05, 4.69) is 10.3 Å². The highest BCUT2D eigenvalue weighted by Crippen LogP contribution is 2.34. The molecule has 1 saturated heterocycles. The smallest absolute Gasteiger partial charge is 0.350 e. The first-order valence-corrected chi connectivity index (χ1v) is 14.4. The van der Waals surface area contributed by atoms with E-state index in [-0.39, 0.29) is 17.7 Å². The van der Waals surface area contributed by atoms with Crippen molar-refractivity contribution in [3.63, 3.8) is 0 Å². The predicted octanol–water partition coefficient (Wildman–Crippen LogP) is 6.88. The summed E-state index contributed by atoms with van der Waals surface area (Å²) in [7, 11) is 0. The molecule has 0 atom stereocenters. The standard InChI is InChI=1S/C29H26F3N3O2S2/c30-29(31,32)21-9-7-19(8-10-21)23-5-1-2-6-24(23)28(37)35-15-12-20(13-16-35)27-34-25(18-39-27)26(36)33-14-11-22-4-3-17-38-22/h1-10,17-18,20H,11-16H2,(H,33,36). The number of alkyl halides is 3. The van der Waals surface area contributed by atoms with Crippen LogP contribution in [-0.4, -0.2) is 41.3 Å². The summed E-state index contributed by atoms with van der Waals surface area (Å²) in [5.74, 6) is -0.160. The normalized spacial score (nSPS) is 14.4. The number of aromatic nitrogens is 1. The average Bonchev–Trinajstić information content (AvgIpc) is 3.65. The molecule has 0 aliphatic carbocycles. The Morgan fingerprint density at radius 3 is 2.41 bits per heavy atom. The second-order valence-electron chi connectivity index (χ2n) is 9.34. The molecule has 0 unspecified atom stereocenters. The largest absolute Gasteiger partial charge is 0.416 e. The third-order valence-electron chi connectivity index (χ3n) is 6.80. The second kappa shape index (κ2) is 11.7. The highest BCUT2D eigenvalue weighted by atomic mass is 32.1. The van der Waals surface area contributed by atoms with Crippen molar-refractivity contribution in [3.05, 3.63) is 98.1 Å². The van der Waals surface area contributed by atoms with Crippen LogP contribution >= 0.6 is 22.7 Å². The summed E-state index contributed by atoms with van der Waals surface area (Å²) in [6.07, 6.45) is -2.18. The summed E-state index contributed by atoms with van der Waals surface area (Å²) in [5.41, 5.74) is 1.33. The van der Waals surface area contributed by atoms with Gasteiger partial charge in [-0.3, -0.25) is 9.59 Å². The van der Waals surface area contributed by atoms with Gasteiger partial charge < -0.3 is 10.2 Å². The first-order chi connectivity index (χ1) is 18.8. The number of hydrogen-bond acceptors (Lipinski definition) is 5. The molecule has 39 heavy (non-hydrogen) atoms. The van der Waals surface area contributed by atoms with Gasteiger partial charge in [0.2, 0.25) is 0 Å². The van der Waals surface area contributed by atoms with Crippen LogP contribution in [0.3, 0.4) is 0 Å². The van der Waals surface area contributed by atoms with Gasteiger partial charge in [0, 0.05) is 41.4 Å². The first-order valence-electron chi connectivity index (χ1n) is 12.6. The van der Waals surface area contributed by atoms with Crippen molar-refractivity contribution in [2.24, 2.45) is 0 Å². The highest BCUT2D eigenvalue weighted by Gasteiger charge is 2.31. The number of hydrogen-bond donors (Lipinski definition) is 1. The fraction of sp³-hybridized carbons (Fsp3) is 0.276. The minimum atomic E-state index is -4.41. The number of thiazole rings is 1. The SMILES string of the molecule is O=C(NCCc1cccs1)c1csc(C2CCN(C(=O)c3ccccc3-c3ccc(C(F)(F)F)cc3)CC2)n1. The lowest BCUT2D eigenvalue weighted by Crippen LogP contribution is -2.38. The summed E-state index contributed by atoms with van der Waals surface area (Å²) in [6, 6.07) is 15.9. The van der Waals surface area contributed by atoms with E-state index < -0.39 is 11.7 Å². The molecule has 4 aromatic rings. The maximum Gasteiger partial charge on any atom is 0.416 e. The molecule has 2 aromatic heterocycles. The molecule has 202 valence electrons. The number of carbonyl (C=O) groups is 2. The minimum absolute atomic E-state index is 0.145. The summed E-state index contributed by atoms with van der Waals surface area (Å²) < 4.78 is 38.9. The molecule has 0 spiro atoms. The van der Waals surface area contributed by atoms with Gasteiger partial charge in [-0.2, -0.15) is 13.2 Å². The molecule has 1 N–H and O–H groups in total. The second-order valence-corrected chi connectivity index (χ2v) is 11.3. The van der Waals surface area contributed by atoms with E-state index in [0.29, 0.717) is 42.0 Å². The van der Waals surface area contributed by atoms with Crippen molar-refractivity contribution in [3.8, 4) is 11.1 Å². The third kappa shape index (κ3) is 6.39. The third-order valence-corrected chi connectivity index (χ3v) is 8.75. The summed E-state index contributed by atoms with van der Waals surface area (Å²) in [6.45, 7) is 1.63. The van der Waals surface area contributed by atoms with Crippen LogP contribution in [0.15, 0.2) is 71.4 Å². The van der Waals surface area contributed by atoms with Gasteiger partial charge in [-0.15, -0.1) is 22.7 Å². The highest BCUT2D eigenvalue weighted by molar-refractivity contribution is 7.10. The monoisotopic (exact) mass is 569 g/mol. The number of nitrogens with one attached hydrogen (secondary N) is 1. The number of amides is 2. The lowest BCUT2D eigenvalue weighted by molar-refractivity contribution is -0.137. The van der Waals surface area contributed by atoms with E-state index in [4.69, 9.17) is 0 Å². The molecule has 0 saturated carbocycles. The van der Waals surface area contributed by atoms with E-state index in [9.17, 15) is 22.8 Å². The number of likely N-dealkylation sites (tertiary alicyclic amines) is 1. The van der Waals surface area contributed by atoms with E-state index >= 15 is 0 Å². The van der Waals surface area contributed by atoms with Crippen LogP contribution in [0.5, 0.6) is 0 Å². The molecule has 1 aliphatic rings. The van der Waals surface area contributed by atoms with E-state index in [0.717, 1.165) is 36.4 Å². The van der Waals surface area contributed by atoms with Crippen LogP contribution < -0.4 is 5.32 Å². The average molecular weight is 570 g/mol. The van der Waals surface area contributed by atoms with Crippen molar-refractivity contribution < 1.29 is 22.8 Å². The molecule has 1 fully saturated rings. The van der Waals surface area contributed by atoms with Gasteiger partial charge in [0.15, 0.2) is 0 Å². The van der Waals surface area contributed by atoms with E-state index in [1.54, 1.807) is 45.9 Å². The Kier molecular flexibility index (Phi) is 8.13. The van der Waals surface area contributed by atoms with Crippen molar-refractivity contribution in [1.29, 1.82) is 0 Å². The summed E-state index contributed by atoms with van der Waals surface area (Å²) in [4.78, 5) is 33.5. The van der Waals surface area contributed by atoms with Crippen LogP contribution in [0.4, 0.5) is 13.2 Å². The Morgan fingerprint density at radius 1 is 0.974 bits per heavy atom. The number of benzene rings is 2. The predicted molar refractivity (Wildman–Crippen MR) is 147 cm³/mol. The van der Waals surface area contributed by atoms with Crippen LogP contribution in [0.1, 0.15) is 55.1 Å². The van der Waals surface area contributed by atoms with E-state index in [1.807, 2.05) is 17.5 Å². The zero-order valence-electron chi connectivity index (χ0n) is 20.9. The van der Waals surface area contributed by atoms with Gasteiger partial charge >= 0.3 is 6.18 Å². The van der Waals surface area contributed by atoms with Gasteiger partial charge in [-0.05, 0) is 60.0 Å². The van der Waals surface area contributed by atoms with Crippen LogP contribution in [0, 0.1) is 0 Å². The number of piperidine rings is 1. The zero-order valence-corrected chi connectivity index (χ0v) is 22.5. The van der Waals surface area contributed by atoms with Crippen molar-refractivity contribution >= 4 is 34.5 Å². The number of nitrogens with zero attached hydrogens (tertiary/aromatic N) is 2. The lowest BCUT2D eigenvalue weighted by atomic mass is 9.94. The van der Waals surface area contributed by atoms with Crippen LogP contribution in [-0.2, 0) is 12.6 Å². The first kappa shape index (κ1) is 27.1. The van der Waals surface area contributed by atoms with Gasteiger partial charge in [-0.1, -0.05) is 36.4 Å². The summed E-state index contributed by atoms with van der Waals surface area (Å²) >= 11 is 3.14. The molecule has 1 aliphatic heterocycles.